The molecule has 0 bridgehead atoms. The van der Waals surface area contributed by atoms with E-state index in [1.165, 1.54) is 0 Å². The molecule has 2 N–H and O–H groups in total. The molecule has 4 nitrogen and oxygen atoms in total. The van der Waals surface area contributed by atoms with Gasteiger partial charge < -0.3 is 15.1 Å². The van der Waals surface area contributed by atoms with E-state index in [2.05, 4.69) is 0 Å². The number of rotatable bonds is 3. The molecule has 1 aromatic rings. The van der Waals surface area contributed by atoms with Gasteiger partial charge in [-0.3, -0.25) is 0 Å². The molecule has 82 valence electrons. The number of aliphatic hydroxyl groups is 1. The fourth-order valence-electron chi connectivity index (χ4n) is 1.41. The Labute approximate surface area is 88.8 Å². The van der Waals surface area contributed by atoms with Gasteiger partial charge in [-0.25, -0.2) is 4.79 Å². The minimum Gasteiger partial charge on any atom is -0.479 e. The summed E-state index contributed by atoms with van der Waals surface area (Å²) in [5.41, 5.74) is 2.17. The lowest BCUT2D eigenvalue weighted by Crippen LogP contribution is -2.17. The summed E-state index contributed by atoms with van der Waals surface area (Å²) < 4.78 is 0. The average Bonchev–Trinajstić information content (AvgIpc) is 2.16. The maximum absolute atomic E-state index is 10.7. The van der Waals surface area contributed by atoms with Crippen molar-refractivity contribution in [2.75, 3.05) is 19.0 Å². The Bertz CT molecular complexity index is 374. The minimum atomic E-state index is -1.47. The predicted molar refractivity (Wildman–Crippen MR) is 58.1 cm³/mol. The topological polar surface area (TPSA) is 60.8 Å². The number of aliphatic carboxylic acids is 1. The van der Waals surface area contributed by atoms with Gasteiger partial charge in [-0.15, -0.1) is 0 Å². The molecule has 1 rings (SSSR count). The van der Waals surface area contributed by atoms with Crippen molar-refractivity contribution in [1.29, 1.82) is 0 Å². The highest BCUT2D eigenvalue weighted by Crippen LogP contribution is 2.26. The van der Waals surface area contributed by atoms with Gasteiger partial charge in [-0.2, -0.15) is 0 Å². The number of carboxylic acids is 1. The van der Waals surface area contributed by atoms with Crippen LogP contribution in [0.5, 0.6) is 0 Å². The Morgan fingerprint density at radius 3 is 2.47 bits per heavy atom. The number of carboxylic acid groups (broad SMARTS) is 1. The highest BCUT2D eigenvalue weighted by atomic mass is 16.4. The number of anilines is 1. The van der Waals surface area contributed by atoms with Crippen molar-refractivity contribution in [3.63, 3.8) is 0 Å². The van der Waals surface area contributed by atoms with E-state index in [9.17, 15) is 9.90 Å². The van der Waals surface area contributed by atoms with Gasteiger partial charge in [0.1, 0.15) is 0 Å². The van der Waals surface area contributed by atoms with Gasteiger partial charge in [0, 0.05) is 25.3 Å². The smallest absolute Gasteiger partial charge is 0.337 e. The molecule has 0 spiro atoms. The lowest BCUT2D eigenvalue weighted by molar-refractivity contribution is -0.146. The zero-order valence-electron chi connectivity index (χ0n) is 9.06. The second kappa shape index (κ2) is 4.31. The highest BCUT2D eigenvalue weighted by Gasteiger charge is 2.20. The number of carbonyl (C=O) groups is 1. The SMILES string of the molecule is Cc1ccc(C(O)C(=O)O)c(N(C)C)c1. The number of nitrogens with zero attached hydrogens (tertiary/aromatic N) is 1. The molecule has 0 aliphatic carbocycles. The van der Waals surface area contributed by atoms with E-state index < -0.39 is 12.1 Å². The van der Waals surface area contributed by atoms with Crippen molar-refractivity contribution in [3.8, 4) is 0 Å². The quantitative estimate of drug-likeness (QED) is 0.784. The number of benzene rings is 1. The van der Waals surface area contributed by atoms with Crippen LogP contribution in [0.2, 0.25) is 0 Å². The van der Waals surface area contributed by atoms with Crippen LogP contribution < -0.4 is 4.90 Å². The number of aliphatic hydroxyl groups excluding tert-OH is 1. The van der Waals surface area contributed by atoms with Crippen LogP contribution in [-0.4, -0.2) is 30.3 Å². The maximum Gasteiger partial charge on any atom is 0.337 e. The van der Waals surface area contributed by atoms with Crippen LogP contribution in [0.1, 0.15) is 17.2 Å². The number of hydrogen-bond donors (Lipinski definition) is 2. The van der Waals surface area contributed by atoms with Crippen LogP contribution in [0.4, 0.5) is 5.69 Å². The molecule has 0 heterocycles. The van der Waals surface area contributed by atoms with Gasteiger partial charge in [0.25, 0.3) is 0 Å². The lowest BCUT2D eigenvalue weighted by Gasteiger charge is -2.19. The summed E-state index contributed by atoms with van der Waals surface area (Å²) in [6.45, 7) is 1.92. The molecule has 1 aromatic carbocycles. The minimum absolute atomic E-state index is 0.415. The number of hydrogen-bond acceptors (Lipinski definition) is 3. The molecule has 1 unspecified atom stereocenters. The second-order valence-electron chi connectivity index (χ2n) is 3.70. The van der Waals surface area contributed by atoms with Crippen LogP contribution >= 0.6 is 0 Å². The molecule has 0 amide bonds. The Kier molecular flexibility index (Phi) is 3.31. The Morgan fingerprint density at radius 2 is 2.00 bits per heavy atom. The molecule has 0 saturated carbocycles. The summed E-state index contributed by atoms with van der Waals surface area (Å²) in [6.07, 6.45) is -1.47. The van der Waals surface area contributed by atoms with Gasteiger partial charge in [0.2, 0.25) is 0 Å². The lowest BCUT2D eigenvalue weighted by atomic mass is 10.0. The molecule has 1 atom stereocenters. The predicted octanol–water partition coefficient (Wildman–Crippen LogP) is 1.18. The first-order valence-corrected chi connectivity index (χ1v) is 4.62. The molecular formula is C11H15NO3. The van der Waals surface area contributed by atoms with Crippen LogP contribution in [-0.2, 0) is 4.79 Å². The standard InChI is InChI=1S/C11H15NO3/c1-7-4-5-8(10(13)11(14)15)9(6-7)12(2)3/h4-6,10,13H,1-3H3,(H,14,15). The van der Waals surface area contributed by atoms with Gasteiger partial charge in [0.15, 0.2) is 6.10 Å². The summed E-state index contributed by atoms with van der Waals surface area (Å²) in [4.78, 5) is 12.5. The fraction of sp³-hybridized carbons (Fsp3) is 0.364. The normalized spacial score (nSPS) is 12.3. The molecule has 0 saturated heterocycles. The molecule has 0 aromatic heterocycles. The molecule has 0 fully saturated rings. The summed E-state index contributed by atoms with van der Waals surface area (Å²) in [5.74, 6) is -1.23. The number of aryl methyl sites for hydroxylation is 1. The third-order valence-corrected chi connectivity index (χ3v) is 2.20. The zero-order valence-corrected chi connectivity index (χ0v) is 9.06. The van der Waals surface area contributed by atoms with E-state index in [0.29, 0.717) is 5.56 Å². The summed E-state index contributed by atoms with van der Waals surface area (Å²) in [5, 5.41) is 18.2. The van der Waals surface area contributed by atoms with E-state index in [0.717, 1.165) is 11.3 Å². The molecule has 0 radical (unpaired) electrons. The van der Waals surface area contributed by atoms with Crippen LogP contribution in [0.15, 0.2) is 18.2 Å². The first-order valence-electron chi connectivity index (χ1n) is 4.62. The average molecular weight is 209 g/mol. The molecule has 0 aliphatic heterocycles. The zero-order chi connectivity index (χ0) is 11.6. The van der Waals surface area contributed by atoms with Crippen molar-refractivity contribution in [1.82, 2.24) is 0 Å². The Hall–Kier alpha value is -1.55. The Morgan fingerprint density at radius 1 is 1.40 bits per heavy atom. The van der Waals surface area contributed by atoms with Gasteiger partial charge in [0.05, 0.1) is 0 Å². The van der Waals surface area contributed by atoms with Crippen molar-refractivity contribution < 1.29 is 15.0 Å². The van der Waals surface area contributed by atoms with E-state index >= 15 is 0 Å². The third-order valence-electron chi connectivity index (χ3n) is 2.20. The first-order chi connectivity index (χ1) is 6.93. The fourth-order valence-corrected chi connectivity index (χ4v) is 1.41. The van der Waals surface area contributed by atoms with Crippen LogP contribution in [0.25, 0.3) is 0 Å². The van der Waals surface area contributed by atoms with Gasteiger partial charge >= 0.3 is 5.97 Å². The molecular weight excluding hydrogens is 194 g/mol. The maximum atomic E-state index is 10.7. The summed E-state index contributed by atoms with van der Waals surface area (Å²) in [7, 11) is 3.62. The van der Waals surface area contributed by atoms with Crippen molar-refractivity contribution in [2.45, 2.75) is 13.0 Å². The van der Waals surface area contributed by atoms with Crippen LogP contribution in [0, 0.1) is 6.92 Å². The third kappa shape index (κ3) is 2.47. The van der Waals surface area contributed by atoms with Crippen molar-refractivity contribution >= 4 is 11.7 Å². The first kappa shape index (κ1) is 11.5. The second-order valence-corrected chi connectivity index (χ2v) is 3.70. The highest BCUT2D eigenvalue weighted by molar-refractivity contribution is 5.77. The van der Waals surface area contributed by atoms with E-state index in [-0.39, 0.29) is 0 Å². The van der Waals surface area contributed by atoms with E-state index in [4.69, 9.17) is 5.11 Å². The summed E-state index contributed by atoms with van der Waals surface area (Å²) in [6, 6.07) is 5.28. The monoisotopic (exact) mass is 209 g/mol. The van der Waals surface area contributed by atoms with Crippen molar-refractivity contribution in [2.24, 2.45) is 0 Å². The van der Waals surface area contributed by atoms with Crippen molar-refractivity contribution in [3.05, 3.63) is 29.3 Å². The van der Waals surface area contributed by atoms with Gasteiger partial charge in [-0.1, -0.05) is 12.1 Å². The molecule has 0 aliphatic rings. The van der Waals surface area contributed by atoms with Gasteiger partial charge in [-0.05, 0) is 18.6 Å². The summed E-state index contributed by atoms with van der Waals surface area (Å²) >= 11 is 0. The molecule has 15 heavy (non-hydrogen) atoms. The van der Waals surface area contributed by atoms with E-state index in [1.807, 2.05) is 27.1 Å². The van der Waals surface area contributed by atoms with Crippen LogP contribution in [0.3, 0.4) is 0 Å². The van der Waals surface area contributed by atoms with E-state index in [1.54, 1.807) is 17.0 Å². The Balaban J connectivity index is 3.22. The molecule has 4 heteroatoms. The largest absolute Gasteiger partial charge is 0.479 e.